The van der Waals surface area contributed by atoms with Crippen LogP contribution < -0.4 is 10.1 Å². The van der Waals surface area contributed by atoms with E-state index in [2.05, 4.69) is 33.9 Å². The molecule has 5 nitrogen and oxygen atoms in total. The predicted octanol–water partition coefficient (Wildman–Crippen LogP) is 2.80. The summed E-state index contributed by atoms with van der Waals surface area (Å²) in [5.74, 6) is 1.99. The summed E-state index contributed by atoms with van der Waals surface area (Å²) >= 11 is 0. The second kappa shape index (κ2) is 6.79. The monoisotopic (exact) mass is 325 g/mol. The molecule has 1 fully saturated rings. The van der Waals surface area contributed by atoms with Gasteiger partial charge in [0.1, 0.15) is 24.3 Å². The zero-order chi connectivity index (χ0) is 16.4. The zero-order valence-corrected chi connectivity index (χ0v) is 13.9. The van der Waals surface area contributed by atoms with Crippen LogP contribution in [0, 0.1) is 0 Å². The van der Waals surface area contributed by atoms with Gasteiger partial charge in [-0.1, -0.05) is 18.2 Å². The van der Waals surface area contributed by atoms with E-state index >= 15 is 0 Å². The first kappa shape index (κ1) is 15.4. The van der Waals surface area contributed by atoms with Gasteiger partial charge in [0, 0.05) is 43.7 Å². The quantitative estimate of drug-likeness (QED) is 0.918. The Morgan fingerprint density at radius 3 is 3.17 bits per heavy atom. The van der Waals surface area contributed by atoms with E-state index in [4.69, 9.17) is 9.47 Å². The van der Waals surface area contributed by atoms with Crippen molar-refractivity contribution in [3.05, 3.63) is 53.6 Å². The Morgan fingerprint density at radius 2 is 2.25 bits per heavy atom. The molecule has 1 aromatic carbocycles. The minimum absolute atomic E-state index is 0.0253. The molecule has 2 aliphatic heterocycles. The first-order chi connectivity index (χ1) is 11.8. The molecular formula is C19H23N3O2. The van der Waals surface area contributed by atoms with Crippen LogP contribution in [0.5, 0.6) is 5.75 Å². The Labute approximate surface area is 142 Å². The van der Waals surface area contributed by atoms with Crippen LogP contribution in [-0.4, -0.2) is 35.4 Å². The van der Waals surface area contributed by atoms with Gasteiger partial charge in [0.25, 0.3) is 0 Å². The maximum atomic E-state index is 5.95. The number of hydrogen-bond donors (Lipinski definition) is 1. The lowest BCUT2D eigenvalue weighted by Crippen LogP contribution is -2.35. The van der Waals surface area contributed by atoms with Gasteiger partial charge < -0.3 is 19.4 Å². The van der Waals surface area contributed by atoms with Gasteiger partial charge in [-0.05, 0) is 31.1 Å². The molecule has 2 aliphatic rings. The number of aromatic nitrogens is 2. The average Bonchev–Trinajstić information content (AvgIpc) is 3.28. The number of ether oxygens (including phenoxy) is 2. The van der Waals surface area contributed by atoms with Crippen LogP contribution >= 0.6 is 0 Å². The lowest BCUT2D eigenvalue weighted by atomic mass is 10.1. The molecule has 3 heterocycles. The van der Waals surface area contributed by atoms with Crippen molar-refractivity contribution in [2.45, 2.75) is 32.0 Å². The SMILES string of the molecule is CCn1ccnc1[C@H]1OCC[C@@H]1NCC1=Cc2ccccc2OC1. The molecule has 1 saturated heterocycles. The Hall–Kier alpha value is -2.11. The van der Waals surface area contributed by atoms with Crippen LogP contribution in [0.15, 0.2) is 42.2 Å². The highest BCUT2D eigenvalue weighted by molar-refractivity contribution is 5.62. The van der Waals surface area contributed by atoms with Crippen LogP contribution in [0.2, 0.25) is 0 Å². The first-order valence-electron chi connectivity index (χ1n) is 8.62. The summed E-state index contributed by atoms with van der Waals surface area (Å²) in [5.41, 5.74) is 2.42. The molecule has 4 rings (SSSR count). The highest BCUT2D eigenvalue weighted by atomic mass is 16.5. The van der Waals surface area contributed by atoms with Crippen molar-refractivity contribution >= 4 is 6.08 Å². The fourth-order valence-electron chi connectivity index (χ4n) is 3.43. The maximum Gasteiger partial charge on any atom is 0.139 e. The number of fused-ring (bicyclic) bond motifs is 1. The van der Waals surface area contributed by atoms with Crippen LogP contribution in [0.3, 0.4) is 0 Å². The molecule has 0 unspecified atom stereocenters. The Bertz CT molecular complexity index is 738. The second-order valence-corrected chi connectivity index (χ2v) is 6.27. The Balaban J connectivity index is 1.43. The number of nitrogens with one attached hydrogen (secondary N) is 1. The van der Waals surface area contributed by atoms with Gasteiger partial charge in [-0.2, -0.15) is 0 Å². The summed E-state index contributed by atoms with van der Waals surface area (Å²) < 4.78 is 13.9. The van der Waals surface area contributed by atoms with Gasteiger partial charge >= 0.3 is 0 Å². The van der Waals surface area contributed by atoms with E-state index in [1.807, 2.05) is 30.6 Å². The lowest BCUT2D eigenvalue weighted by Gasteiger charge is -2.23. The van der Waals surface area contributed by atoms with Crippen molar-refractivity contribution in [1.29, 1.82) is 0 Å². The fraction of sp³-hybridized carbons (Fsp3) is 0.421. The van der Waals surface area contributed by atoms with E-state index in [0.29, 0.717) is 6.61 Å². The molecule has 0 radical (unpaired) electrons. The maximum absolute atomic E-state index is 5.95. The molecule has 0 saturated carbocycles. The molecule has 0 amide bonds. The van der Waals surface area contributed by atoms with Crippen LogP contribution in [0.25, 0.3) is 6.08 Å². The molecule has 24 heavy (non-hydrogen) atoms. The Morgan fingerprint density at radius 1 is 1.33 bits per heavy atom. The number of nitrogens with zero attached hydrogens (tertiary/aromatic N) is 2. The molecule has 5 heteroatoms. The summed E-state index contributed by atoms with van der Waals surface area (Å²) in [6.07, 6.45) is 7.13. The topological polar surface area (TPSA) is 48.3 Å². The largest absolute Gasteiger partial charge is 0.489 e. The summed E-state index contributed by atoms with van der Waals surface area (Å²) in [5, 5.41) is 3.65. The second-order valence-electron chi connectivity index (χ2n) is 6.27. The molecule has 126 valence electrons. The van der Waals surface area contributed by atoms with Crippen molar-refractivity contribution in [1.82, 2.24) is 14.9 Å². The molecule has 0 bridgehead atoms. The van der Waals surface area contributed by atoms with Gasteiger partial charge in [-0.15, -0.1) is 0 Å². The van der Waals surface area contributed by atoms with Crippen LogP contribution in [0.4, 0.5) is 0 Å². The Kier molecular flexibility index (Phi) is 4.36. The van der Waals surface area contributed by atoms with Gasteiger partial charge in [0.2, 0.25) is 0 Å². The predicted molar refractivity (Wildman–Crippen MR) is 92.9 cm³/mol. The minimum Gasteiger partial charge on any atom is -0.489 e. The van der Waals surface area contributed by atoms with E-state index in [9.17, 15) is 0 Å². The highest BCUT2D eigenvalue weighted by Gasteiger charge is 2.32. The number of imidazole rings is 1. The standard InChI is InChI=1S/C19H23N3O2/c1-2-22-9-8-20-19(22)18-16(7-10-23-18)21-12-14-11-15-5-3-4-6-17(15)24-13-14/h3-6,8-9,11,16,18,21H,2,7,10,12-13H2,1H3/t16-,18-/m0/s1. The fourth-order valence-corrected chi connectivity index (χ4v) is 3.43. The minimum atomic E-state index is 0.0253. The number of para-hydroxylation sites is 1. The number of rotatable bonds is 5. The summed E-state index contributed by atoms with van der Waals surface area (Å²) in [4.78, 5) is 4.50. The van der Waals surface area contributed by atoms with E-state index in [-0.39, 0.29) is 12.1 Å². The van der Waals surface area contributed by atoms with Gasteiger partial charge in [0.15, 0.2) is 0 Å². The molecule has 1 N–H and O–H groups in total. The summed E-state index contributed by atoms with van der Waals surface area (Å²) in [7, 11) is 0. The number of aryl methyl sites for hydroxylation is 1. The van der Waals surface area contributed by atoms with Crippen molar-refractivity contribution in [2.75, 3.05) is 19.8 Å². The third kappa shape index (κ3) is 2.97. The number of hydrogen-bond acceptors (Lipinski definition) is 4. The van der Waals surface area contributed by atoms with Crippen LogP contribution in [0.1, 0.15) is 30.8 Å². The van der Waals surface area contributed by atoms with E-state index in [0.717, 1.165) is 43.3 Å². The van der Waals surface area contributed by atoms with Crippen molar-refractivity contribution < 1.29 is 9.47 Å². The van der Waals surface area contributed by atoms with Crippen molar-refractivity contribution in [3.8, 4) is 5.75 Å². The van der Waals surface area contributed by atoms with E-state index in [1.165, 1.54) is 5.57 Å². The van der Waals surface area contributed by atoms with E-state index < -0.39 is 0 Å². The molecular weight excluding hydrogens is 302 g/mol. The van der Waals surface area contributed by atoms with Gasteiger partial charge in [0.05, 0.1) is 0 Å². The smallest absolute Gasteiger partial charge is 0.139 e. The van der Waals surface area contributed by atoms with Gasteiger partial charge in [-0.25, -0.2) is 4.98 Å². The molecule has 1 aromatic heterocycles. The van der Waals surface area contributed by atoms with Crippen molar-refractivity contribution in [2.24, 2.45) is 0 Å². The average molecular weight is 325 g/mol. The molecule has 0 aliphatic carbocycles. The highest BCUT2D eigenvalue weighted by Crippen LogP contribution is 2.29. The van der Waals surface area contributed by atoms with Gasteiger partial charge in [-0.3, -0.25) is 0 Å². The summed E-state index contributed by atoms with van der Waals surface area (Å²) in [6.45, 7) is 5.27. The summed E-state index contributed by atoms with van der Waals surface area (Å²) in [6, 6.07) is 8.44. The first-order valence-corrected chi connectivity index (χ1v) is 8.62. The van der Waals surface area contributed by atoms with Crippen molar-refractivity contribution in [3.63, 3.8) is 0 Å². The number of benzene rings is 1. The van der Waals surface area contributed by atoms with E-state index in [1.54, 1.807) is 0 Å². The van der Waals surface area contributed by atoms with Crippen LogP contribution in [-0.2, 0) is 11.3 Å². The molecule has 0 spiro atoms. The third-order valence-corrected chi connectivity index (χ3v) is 4.72. The normalized spacial score (nSPS) is 22.8. The molecule has 2 aromatic rings. The third-order valence-electron chi connectivity index (χ3n) is 4.72. The zero-order valence-electron chi connectivity index (χ0n) is 13.9. The molecule has 2 atom stereocenters. The lowest BCUT2D eigenvalue weighted by molar-refractivity contribution is 0.0893.